The predicted octanol–water partition coefficient (Wildman–Crippen LogP) is 4.75. The number of aromatic nitrogens is 2. The van der Waals surface area contributed by atoms with Crippen molar-refractivity contribution in [1.29, 1.82) is 0 Å². The Morgan fingerprint density at radius 1 is 1.00 bits per heavy atom. The molecule has 1 fully saturated rings. The van der Waals surface area contributed by atoms with E-state index in [-0.39, 0.29) is 25.0 Å². The van der Waals surface area contributed by atoms with E-state index in [4.69, 9.17) is 21.3 Å². The Morgan fingerprint density at radius 2 is 1.72 bits per heavy atom. The Kier molecular flexibility index (Phi) is 7.13. The SMILES string of the molecule is CCC1(O)CC(=O)OCc2c1cc1n(c2=O)Cc2c-1nc1ccc(C)c(Cl)c1c2CN1CCN(Cc2ccccc2)CC1. The molecule has 4 aromatic rings. The number of aliphatic hydroxyl groups is 1. The average molecular weight is 599 g/mol. The molecule has 9 heteroatoms. The number of rotatable bonds is 5. The second-order valence-corrected chi connectivity index (χ2v) is 12.5. The van der Waals surface area contributed by atoms with E-state index in [2.05, 4.69) is 34.1 Å². The Labute approximate surface area is 255 Å². The highest BCUT2D eigenvalue weighted by molar-refractivity contribution is 6.36. The van der Waals surface area contributed by atoms with E-state index in [1.165, 1.54) is 5.56 Å². The molecule has 0 saturated carbocycles. The van der Waals surface area contributed by atoms with Crippen molar-refractivity contribution in [2.24, 2.45) is 0 Å². The molecule has 7 rings (SSSR count). The largest absolute Gasteiger partial charge is 0.460 e. The molecule has 3 aliphatic heterocycles. The van der Waals surface area contributed by atoms with Crippen LogP contribution in [0.2, 0.25) is 5.02 Å². The fourth-order valence-electron chi connectivity index (χ4n) is 6.87. The molecule has 8 nitrogen and oxygen atoms in total. The van der Waals surface area contributed by atoms with Crippen molar-refractivity contribution < 1.29 is 14.6 Å². The standard InChI is InChI=1S/C34H35ClN4O4/c1-3-34(42)16-29(40)43-20-25-26(34)15-28-32-24(19-39(28)33(25)41)23(30-27(36-32)10-9-21(2)31(30)35)18-38-13-11-37(12-14-38)17-22-7-5-4-6-8-22/h4-10,15,42H,3,11-14,16-20H2,1-2H3. The van der Waals surface area contributed by atoms with Crippen LogP contribution in [-0.2, 0) is 41.4 Å². The van der Waals surface area contributed by atoms with Gasteiger partial charge in [-0.15, -0.1) is 0 Å². The average Bonchev–Trinajstić information content (AvgIpc) is 3.32. The van der Waals surface area contributed by atoms with Crippen LogP contribution in [0.25, 0.3) is 22.3 Å². The quantitative estimate of drug-likeness (QED) is 0.292. The molecule has 2 aromatic heterocycles. The van der Waals surface area contributed by atoms with E-state index >= 15 is 0 Å². The molecule has 0 spiro atoms. The third kappa shape index (κ3) is 4.86. The first kappa shape index (κ1) is 28.2. The van der Waals surface area contributed by atoms with Gasteiger partial charge in [0.2, 0.25) is 0 Å². The lowest BCUT2D eigenvalue weighted by atomic mass is 9.85. The van der Waals surface area contributed by atoms with Gasteiger partial charge in [0.05, 0.1) is 40.5 Å². The monoisotopic (exact) mass is 598 g/mol. The molecule has 222 valence electrons. The summed E-state index contributed by atoms with van der Waals surface area (Å²) >= 11 is 6.98. The molecule has 0 radical (unpaired) electrons. The van der Waals surface area contributed by atoms with Crippen molar-refractivity contribution in [1.82, 2.24) is 19.4 Å². The van der Waals surface area contributed by atoms with Gasteiger partial charge in [-0.05, 0) is 47.7 Å². The molecular formula is C34H35ClN4O4. The van der Waals surface area contributed by atoms with Gasteiger partial charge in [-0.2, -0.15) is 0 Å². The van der Waals surface area contributed by atoms with E-state index in [1.54, 1.807) is 4.57 Å². The summed E-state index contributed by atoms with van der Waals surface area (Å²) in [5.41, 5.74) is 5.65. The maximum atomic E-state index is 13.9. The van der Waals surface area contributed by atoms with Crippen LogP contribution in [0.1, 0.15) is 53.1 Å². The Balaban J connectivity index is 1.29. The van der Waals surface area contributed by atoms with Crippen LogP contribution in [0.15, 0.2) is 53.3 Å². The van der Waals surface area contributed by atoms with Gasteiger partial charge >= 0.3 is 5.97 Å². The Bertz CT molecular complexity index is 1810. The number of aryl methyl sites for hydroxylation is 1. The summed E-state index contributed by atoms with van der Waals surface area (Å²) in [5.74, 6) is -0.509. The summed E-state index contributed by atoms with van der Waals surface area (Å²) in [6.07, 6.45) is 0.0974. The molecule has 5 heterocycles. The molecule has 1 unspecified atom stereocenters. The van der Waals surface area contributed by atoms with Crippen molar-refractivity contribution in [3.05, 3.63) is 97.3 Å². The maximum absolute atomic E-state index is 13.9. The van der Waals surface area contributed by atoms with Crippen molar-refractivity contribution in [2.75, 3.05) is 26.2 Å². The minimum atomic E-state index is -1.47. The van der Waals surface area contributed by atoms with Gasteiger partial charge < -0.3 is 14.4 Å². The van der Waals surface area contributed by atoms with Crippen LogP contribution in [0.3, 0.4) is 0 Å². The van der Waals surface area contributed by atoms with Crippen LogP contribution < -0.4 is 5.56 Å². The zero-order valence-electron chi connectivity index (χ0n) is 24.5. The second-order valence-electron chi connectivity index (χ2n) is 12.1. The number of hydrogen-bond donors (Lipinski definition) is 1. The number of ether oxygens (including phenoxy) is 1. The third-order valence-corrected chi connectivity index (χ3v) is 9.94. The molecule has 1 saturated heterocycles. The summed E-state index contributed by atoms with van der Waals surface area (Å²) in [4.78, 5) is 36.3. The summed E-state index contributed by atoms with van der Waals surface area (Å²) < 4.78 is 7.07. The topological polar surface area (TPSA) is 87.9 Å². The van der Waals surface area contributed by atoms with Crippen LogP contribution in [0.5, 0.6) is 0 Å². The summed E-state index contributed by atoms with van der Waals surface area (Å²) in [5, 5.41) is 13.1. The molecule has 1 N–H and O–H groups in total. The smallest absolute Gasteiger partial charge is 0.309 e. The van der Waals surface area contributed by atoms with Crippen LogP contribution >= 0.6 is 11.6 Å². The highest BCUT2D eigenvalue weighted by atomic mass is 35.5. The highest BCUT2D eigenvalue weighted by Gasteiger charge is 2.40. The number of piperazine rings is 1. The van der Waals surface area contributed by atoms with E-state index in [0.29, 0.717) is 34.9 Å². The summed E-state index contributed by atoms with van der Waals surface area (Å²) in [7, 11) is 0. The highest BCUT2D eigenvalue weighted by Crippen LogP contribution is 2.42. The van der Waals surface area contributed by atoms with E-state index in [9.17, 15) is 14.7 Å². The maximum Gasteiger partial charge on any atom is 0.309 e. The number of halogens is 1. The Hall–Kier alpha value is -3.56. The van der Waals surface area contributed by atoms with Crippen LogP contribution in [-0.4, -0.2) is 56.6 Å². The number of pyridine rings is 2. The van der Waals surface area contributed by atoms with Gasteiger partial charge in [-0.25, -0.2) is 4.98 Å². The number of hydrogen-bond acceptors (Lipinski definition) is 7. The number of carbonyl (C=O) groups excluding carboxylic acids is 1. The van der Waals surface area contributed by atoms with Gasteiger partial charge in [0, 0.05) is 50.2 Å². The third-order valence-electron chi connectivity index (χ3n) is 9.45. The van der Waals surface area contributed by atoms with Gasteiger partial charge in [-0.1, -0.05) is 54.9 Å². The van der Waals surface area contributed by atoms with Gasteiger partial charge in [-0.3, -0.25) is 19.4 Å². The van der Waals surface area contributed by atoms with E-state index in [0.717, 1.165) is 66.0 Å². The van der Waals surface area contributed by atoms with Gasteiger partial charge in [0.15, 0.2) is 0 Å². The minimum absolute atomic E-state index is 0.146. The first-order valence-electron chi connectivity index (χ1n) is 15.0. The molecular weight excluding hydrogens is 564 g/mol. The molecule has 3 aliphatic rings. The predicted molar refractivity (Wildman–Crippen MR) is 166 cm³/mol. The zero-order valence-corrected chi connectivity index (χ0v) is 25.3. The van der Waals surface area contributed by atoms with Crippen LogP contribution in [0, 0.1) is 6.92 Å². The number of carbonyl (C=O) groups is 1. The zero-order chi connectivity index (χ0) is 29.9. The van der Waals surface area contributed by atoms with E-state index < -0.39 is 11.6 Å². The van der Waals surface area contributed by atoms with Crippen molar-refractivity contribution in [3.63, 3.8) is 0 Å². The molecule has 43 heavy (non-hydrogen) atoms. The summed E-state index contributed by atoms with van der Waals surface area (Å²) in [6, 6.07) is 16.4. The first-order chi connectivity index (χ1) is 20.8. The second kappa shape index (κ2) is 10.9. The minimum Gasteiger partial charge on any atom is -0.460 e. The van der Waals surface area contributed by atoms with Gasteiger partial charge in [0.25, 0.3) is 5.56 Å². The molecule has 2 aromatic carbocycles. The fourth-order valence-corrected chi connectivity index (χ4v) is 7.14. The number of nitrogens with zero attached hydrogens (tertiary/aromatic N) is 4. The normalized spacial score (nSPS) is 20.4. The molecule has 0 amide bonds. The number of cyclic esters (lactones) is 1. The molecule has 1 atom stereocenters. The van der Waals surface area contributed by atoms with Gasteiger partial charge in [0.1, 0.15) is 12.2 Å². The Morgan fingerprint density at radius 3 is 2.44 bits per heavy atom. The van der Waals surface area contributed by atoms with Crippen LogP contribution in [0.4, 0.5) is 0 Å². The van der Waals surface area contributed by atoms with Crippen molar-refractivity contribution in [2.45, 2.75) is 58.5 Å². The van der Waals surface area contributed by atoms with Crippen molar-refractivity contribution >= 4 is 28.5 Å². The first-order valence-corrected chi connectivity index (χ1v) is 15.4. The summed E-state index contributed by atoms with van der Waals surface area (Å²) in [6.45, 7) is 9.44. The van der Waals surface area contributed by atoms with Crippen molar-refractivity contribution in [3.8, 4) is 11.4 Å². The number of esters is 1. The number of fused-ring (bicyclic) bond motifs is 5. The number of benzene rings is 2. The molecule has 0 bridgehead atoms. The lowest BCUT2D eigenvalue weighted by Gasteiger charge is -2.35. The van der Waals surface area contributed by atoms with E-state index in [1.807, 2.05) is 38.1 Å². The fraction of sp³-hybridized carbons (Fsp3) is 0.382. The lowest BCUT2D eigenvalue weighted by Crippen LogP contribution is -2.45. The molecule has 0 aliphatic carbocycles. The lowest BCUT2D eigenvalue weighted by molar-refractivity contribution is -0.149.